The maximum absolute atomic E-state index is 13.9. The summed E-state index contributed by atoms with van der Waals surface area (Å²) >= 11 is 0. The minimum absolute atomic E-state index is 0.00514. The molecule has 0 spiro atoms. The van der Waals surface area contributed by atoms with E-state index in [2.05, 4.69) is 0 Å². The molecule has 0 aromatic heterocycles. The van der Waals surface area contributed by atoms with Crippen LogP contribution in [0.2, 0.25) is 0 Å². The zero-order valence-corrected chi connectivity index (χ0v) is 43.2. The lowest BCUT2D eigenvalue weighted by Gasteiger charge is -2.31. The van der Waals surface area contributed by atoms with Crippen molar-refractivity contribution in [2.75, 3.05) is 119 Å². The van der Waals surface area contributed by atoms with E-state index in [1.54, 1.807) is 9.80 Å². The number of carbonyl (C=O) groups is 6. The molecule has 374 valence electrons. The molecule has 64 heavy (non-hydrogen) atoms. The molecule has 4 atom stereocenters. The molecule has 0 saturated carbocycles. The molecule has 0 N–H and O–H groups in total. The molecule has 0 aromatic rings. The number of hydrogen-bond donors (Lipinski definition) is 0. The fraction of sp³-hybridized carbons (Fsp3) is 0.870. The van der Waals surface area contributed by atoms with E-state index in [-0.39, 0.29) is 115 Å². The van der Waals surface area contributed by atoms with E-state index in [0.29, 0.717) is 24.9 Å². The van der Waals surface area contributed by atoms with Crippen LogP contribution in [0.1, 0.15) is 107 Å². The van der Waals surface area contributed by atoms with Gasteiger partial charge in [0.2, 0.25) is 0 Å². The number of ether oxygens (including phenoxy) is 6. The Morgan fingerprint density at radius 1 is 0.438 bits per heavy atom. The minimum atomic E-state index is -0.868. The fourth-order valence-electron chi connectivity index (χ4n) is 5.32. The average molecular weight is 951 g/mol. The molecule has 0 rings (SSSR count). The van der Waals surface area contributed by atoms with Gasteiger partial charge in [-0.2, -0.15) is 0 Å². The molecule has 0 aliphatic carbocycles. The highest BCUT2D eigenvalue weighted by Gasteiger charge is 2.32. The summed E-state index contributed by atoms with van der Waals surface area (Å²) < 4.78 is 33.5. The molecule has 0 saturated heterocycles. The number of nitrogens with zero attached hydrogens (tertiary/aromatic N) is 4. The lowest BCUT2D eigenvalue weighted by Crippen LogP contribution is -2.47. The zero-order chi connectivity index (χ0) is 48.5. The number of likely N-dealkylation sites (N-methyl/N-ethyl adjacent to an activating group) is 2. The van der Waals surface area contributed by atoms with Crippen LogP contribution >= 0.6 is 21.6 Å². The van der Waals surface area contributed by atoms with Crippen LogP contribution in [0.3, 0.4) is 0 Å². The molecule has 0 heterocycles. The highest BCUT2D eigenvalue weighted by molar-refractivity contribution is 8.76. The summed E-state index contributed by atoms with van der Waals surface area (Å²) in [5.41, 5.74) is 0. The molecule has 2 unspecified atom stereocenters. The summed E-state index contributed by atoms with van der Waals surface area (Å²) in [5.74, 6) is -1.16. The van der Waals surface area contributed by atoms with Crippen molar-refractivity contribution in [2.24, 2.45) is 23.7 Å². The normalized spacial score (nSPS) is 13.6. The molecule has 0 bridgehead atoms. The van der Waals surface area contributed by atoms with Gasteiger partial charge in [0.05, 0.1) is 52.1 Å². The lowest BCUT2D eigenvalue weighted by atomic mass is 10.1. The van der Waals surface area contributed by atoms with Crippen molar-refractivity contribution < 1.29 is 57.2 Å². The van der Waals surface area contributed by atoms with Crippen molar-refractivity contribution in [2.45, 2.75) is 119 Å². The van der Waals surface area contributed by atoms with Gasteiger partial charge in [-0.05, 0) is 64.7 Å². The van der Waals surface area contributed by atoms with Gasteiger partial charge in [0.1, 0.15) is 25.3 Å². The van der Waals surface area contributed by atoms with Gasteiger partial charge in [-0.15, -0.1) is 0 Å². The molecule has 0 aromatic carbocycles. The van der Waals surface area contributed by atoms with E-state index in [4.69, 9.17) is 28.4 Å². The summed E-state index contributed by atoms with van der Waals surface area (Å²) in [6.07, 6.45) is 3.13. The molecule has 0 radical (unpaired) electrons. The van der Waals surface area contributed by atoms with E-state index in [0.717, 1.165) is 25.7 Å². The summed E-state index contributed by atoms with van der Waals surface area (Å²) in [6, 6.07) is -1.74. The van der Waals surface area contributed by atoms with Gasteiger partial charge in [-0.25, -0.2) is 0 Å². The van der Waals surface area contributed by atoms with Crippen LogP contribution in [0, 0.1) is 23.7 Å². The van der Waals surface area contributed by atoms with E-state index in [9.17, 15) is 28.8 Å². The van der Waals surface area contributed by atoms with Crippen LogP contribution in [0.25, 0.3) is 0 Å². The zero-order valence-electron chi connectivity index (χ0n) is 41.5. The summed E-state index contributed by atoms with van der Waals surface area (Å²) in [6.45, 7) is 19.2. The van der Waals surface area contributed by atoms with Crippen molar-refractivity contribution in [3.63, 3.8) is 0 Å². The second-order valence-corrected chi connectivity index (χ2v) is 20.4. The molecule has 0 amide bonds. The Hall–Kier alpha value is -2.64. The third kappa shape index (κ3) is 32.9. The number of esters is 6. The largest absolute Gasteiger partial charge is 0.466 e. The predicted molar refractivity (Wildman–Crippen MR) is 255 cm³/mol. The Bertz CT molecular complexity index is 1210. The molecule has 18 heteroatoms. The SMILES string of the molecule is CCC(C)COC(=O)CCN(CCC(=O)OCCC(C)C)[C@@H](CSSC[C@@H](C(=O)OCCN(C)C)N(CCC(=O)OCCC(C)C)CCC(=O)OCC(C)CC)C(=O)OCCN(C)C. The van der Waals surface area contributed by atoms with Crippen LogP contribution in [-0.2, 0) is 57.2 Å². The summed E-state index contributed by atoms with van der Waals surface area (Å²) in [4.78, 5) is 86.6. The lowest BCUT2D eigenvalue weighted by molar-refractivity contribution is -0.152. The monoisotopic (exact) mass is 951 g/mol. The van der Waals surface area contributed by atoms with E-state index in [1.165, 1.54) is 21.6 Å². The van der Waals surface area contributed by atoms with Gasteiger partial charge >= 0.3 is 35.8 Å². The minimum Gasteiger partial charge on any atom is -0.466 e. The van der Waals surface area contributed by atoms with Crippen molar-refractivity contribution >= 4 is 57.4 Å². The van der Waals surface area contributed by atoms with Gasteiger partial charge in [0.15, 0.2) is 0 Å². The van der Waals surface area contributed by atoms with Crippen LogP contribution in [0.4, 0.5) is 0 Å². The van der Waals surface area contributed by atoms with E-state index in [1.807, 2.05) is 93.4 Å². The second-order valence-electron chi connectivity index (χ2n) is 17.8. The highest BCUT2D eigenvalue weighted by atomic mass is 33.1. The summed E-state index contributed by atoms with van der Waals surface area (Å²) in [7, 11) is 10.2. The second kappa shape index (κ2) is 37.5. The standard InChI is InChI=1S/C46H86N4O12S2/c1-13-37(7)31-61-43(53)17-23-49(21-15-41(51)57-27-19-35(3)4)39(45(55)59-29-25-47(9)10)33-63-64-34-40(46(56)60-30-26-48(11)12)50(22-16-42(52)58-28-20-36(5)6)24-18-44(54)62-32-38(8)14-2/h35-40H,13-34H2,1-12H3/t37?,38?,39-,40-/m0/s1. The first-order valence-electron chi connectivity index (χ1n) is 23.3. The van der Waals surface area contributed by atoms with Crippen LogP contribution < -0.4 is 0 Å². The molecule has 0 aliphatic rings. The van der Waals surface area contributed by atoms with Gasteiger partial charge in [0.25, 0.3) is 0 Å². The van der Waals surface area contributed by atoms with Crippen molar-refractivity contribution in [3.05, 3.63) is 0 Å². The number of hydrogen-bond acceptors (Lipinski definition) is 18. The molecule has 0 fully saturated rings. The Balaban J connectivity index is 6.53. The van der Waals surface area contributed by atoms with Crippen LogP contribution in [0.15, 0.2) is 0 Å². The third-order valence-electron chi connectivity index (χ3n) is 10.3. The molecule has 0 aliphatic heterocycles. The first kappa shape index (κ1) is 61.4. The Morgan fingerprint density at radius 2 is 0.750 bits per heavy atom. The van der Waals surface area contributed by atoms with Crippen molar-refractivity contribution in [3.8, 4) is 0 Å². The van der Waals surface area contributed by atoms with Crippen LogP contribution in [0.5, 0.6) is 0 Å². The van der Waals surface area contributed by atoms with Crippen molar-refractivity contribution in [1.29, 1.82) is 0 Å². The van der Waals surface area contributed by atoms with Gasteiger partial charge in [0, 0.05) is 50.8 Å². The van der Waals surface area contributed by atoms with Crippen molar-refractivity contribution in [1.82, 2.24) is 19.6 Å². The van der Waals surface area contributed by atoms with E-state index < -0.39 is 47.9 Å². The molecule has 16 nitrogen and oxygen atoms in total. The number of carbonyl (C=O) groups excluding carboxylic acids is 6. The maximum Gasteiger partial charge on any atom is 0.324 e. The Morgan fingerprint density at radius 3 is 1.03 bits per heavy atom. The average Bonchev–Trinajstić information content (AvgIpc) is 3.23. The first-order valence-corrected chi connectivity index (χ1v) is 25.8. The topological polar surface area (TPSA) is 171 Å². The quantitative estimate of drug-likeness (QED) is 0.0312. The fourth-order valence-corrected chi connectivity index (χ4v) is 7.81. The Labute approximate surface area is 393 Å². The number of rotatable bonds is 39. The molecular formula is C46H86N4O12S2. The summed E-state index contributed by atoms with van der Waals surface area (Å²) in [5, 5.41) is 0. The van der Waals surface area contributed by atoms with Gasteiger partial charge in [-0.3, -0.25) is 38.6 Å². The predicted octanol–water partition coefficient (Wildman–Crippen LogP) is 5.84. The Kier molecular flexibility index (Phi) is 35.9. The highest BCUT2D eigenvalue weighted by Crippen LogP contribution is 2.27. The molecular weight excluding hydrogens is 865 g/mol. The maximum atomic E-state index is 13.9. The smallest absolute Gasteiger partial charge is 0.324 e. The van der Waals surface area contributed by atoms with E-state index >= 15 is 0 Å². The first-order chi connectivity index (χ1) is 30.3. The van der Waals surface area contributed by atoms with Gasteiger partial charge < -0.3 is 38.2 Å². The third-order valence-corrected chi connectivity index (χ3v) is 12.7. The van der Waals surface area contributed by atoms with Crippen LogP contribution in [-0.4, -0.2) is 186 Å². The van der Waals surface area contributed by atoms with Gasteiger partial charge in [-0.1, -0.05) is 89.8 Å².